The van der Waals surface area contributed by atoms with Gasteiger partial charge in [0.1, 0.15) is 12.1 Å². The molecule has 1 aliphatic carbocycles. The van der Waals surface area contributed by atoms with Gasteiger partial charge in [0.15, 0.2) is 0 Å². The molecule has 0 atom stereocenters. The maximum Gasteiger partial charge on any atom is 0.293 e. The summed E-state index contributed by atoms with van der Waals surface area (Å²) in [5, 5.41) is 12.7. The van der Waals surface area contributed by atoms with E-state index in [4.69, 9.17) is 0 Å². The molecule has 0 bridgehead atoms. The van der Waals surface area contributed by atoms with Crippen molar-refractivity contribution in [3.05, 3.63) is 81.9 Å². The molecule has 156 valence electrons. The number of amides is 1. The van der Waals surface area contributed by atoms with Crippen molar-refractivity contribution in [3.8, 4) is 5.69 Å². The van der Waals surface area contributed by atoms with Crippen molar-refractivity contribution in [2.24, 2.45) is 0 Å². The van der Waals surface area contributed by atoms with E-state index in [9.17, 15) is 9.59 Å². The minimum absolute atomic E-state index is 0.151. The fraction of sp³-hybridized carbons (Fsp3) is 0.250. The highest BCUT2D eigenvalue weighted by Crippen LogP contribution is 2.41. The molecule has 31 heavy (non-hydrogen) atoms. The van der Waals surface area contributed by atoms with Crippen LogP contribution in [0.1, 0.15) is 35.6 Å². The van der Waals surface area contributed by atoms with Crippen molar-refractivity contribution in [2.45, 2.75) is 39.2 Å². The van der Waals surface area contributed by atoms with Gasteiger partial charge in [-0.1, -0.05) is 30.3 Å². The van der Waals surface area contributed by atoms with Gasteiger partial charge in [-0.25, -0.2) is 9.36 Å². The Morgan fingerprint density at radius 2 is 1.90 bits per heavy atom. The summed E-state index contributed by atoms with van der Waals surface area (Å²) in [4.78, 5) is 26.1. The number of anilines is 1. The Balaban J connectivity index is 1.56. The number of hydrogen-bond acceptors (Lipinski definition) is 4. The first-order chi connectivity index (χ1) is 15.0. The number of aryl methyl sites for hydroxylation is 2. The molecular formula is C24H23N5O2. The second-order valence-electron chi connectivity index (χ2n) is 8.14. The average Bonchev–Trinajstić information content (AvgIpc) is 3.51. The summed E-state index contributed by atoms with van der Waals surface area (Å²) in [6.45, 7) is 3.76. The number of nitrogens with zero attached hydrogens (tertiary/aromatic N) is 4. The van der Waals surface area contributed by atoms with Gasteiger partial charge in [-0.15, -0.1) is 0 Å². The van der Waals surface area contributed by atoms with Crippen LogP contribution in [-0.4, -0.2) is 25.5 Å². The lowest BCUT2D eigenvalue weighted by Crippen LogP contribution is -2.31. The number of carbonyl (C=O) groups is 1. The first kappa shape index (κ1) is 19.2. The Hall–Kier alpha value is -3.74. The largest absolute Gasteiger partial charge is 0.324 e. The normalized spacial score (nSPS) is 13.5. The molecule has 0 unspecified atom stereocenters. The molecule has 1 fully saturated rings. The number of hydrogen-bond donors (Lipinski definition) is 1. The molecule has 0 radical (unpaired) electrons. The fourth-order valence-electron chi connectivity index (χ4n) is 3.82. The molecule has 1 saturated carbocycles. The Kier molecular flexibility index (Phi) is 4.66. The number of fused-ring (bicyclic) bond motifs is 1. The summed E-state index contributed by atoms with van der Waals surface area (Å²) in [5.41, 5.74) is 4.55. The summed E-state index contributed by atoms with van der Waals surface area (Å²) in [5.74, 6) is 0.0278. The topological polar surface area (TPSA) is 81.8 Å². The Morgan fingerprint density at radius 3 is 2.65 bits per heavy atom. The van der Waals surface area contributed by atoms with Gasteiger partial charge in [0.2, 0.25) is 5.91 Å². The quantitative estimate of drug-likeness (QED) is 0.541. The van der Waals surface area contributed by atoms with Gasteiger partial charge in [0.25, 0.3) is 5.56 Å². The fourth-order valence-corrected chi connectivity index (χ4v) is 3.82. The molecule has 0 aliphatic heterocycles. The second-order valence-corrected chi connectivity index (χ2v) is 8.14. The summed E-state index contributed by atoms with van der Waals surface area (Å²) in [7, 11) is 0. The van der Waals surface area contributed by atoms with Crippen molar-refractivity contribution in [1.29, 1.82) is 0 Å². The Labute approximate surface area is 179 Å². The Morgan fingerprint density at radius 1 is 1.13 bits per heavy atom. The third kappa shape index (κ3) is 3.63. The highest BCUT2D eigenvalue weighted by atomic mass is 16.2. The number of aromatic nitrogens is 4. The lowest BCUT2D eigenvalue weighted by Gasteiger charge is -2.12. The Bertz CT molecular complexity index is 1350. The number of rotatable bonds is 5. The number of carbonyl (C=O) groups excluding carboxylic acids is 1. The van der Waals surface area contributed by atoms with E-state index in [1.54, 1.807) is 10.9 Å². The molecule has 7 nitrogen and oxygen atoms in total. The predicted molar refractivity (Wildman–Crippen MR) is 120 cm³/mol. The monoisotopic (exact) mass is 413 g/mol. The third-order valence-corrected chi connectivity index (χ3v) is 5.64. The molecule has 2 aromatic carbocycles. The van der Waals surface area contributed by atoms with E-state index < -0.39 is 0 Å². The van der Waals surface area contributed by atoms with Gasteiger partial charge in [-0.2, -0.15) is 10.2 Å². The zero-order valence-corrected chi connectivity index (χ0v) is 17.5. The smallest absolute Gasteiger partial charge is 0.293 e. The molecule has 0 spiro atoms. The van der Waals surface area contributed by atoms with Crippen LogP contribution in [-0.2, 0) is 11.3 Å². The van der Waals surface area contributed by atoms with E-state index >= 15 is 0 Å². The molecule has 2 aromatic heterocycles. The molecule has 4 aromatic rings. The highest BCUT2D eigenvalue weighted by molar-refractivity contribution is 5.91. The van der Waals surface area contributed by atoms with Crippen molar-refractivity contribution < 1.29 is 4.79 Å². The molecule has 0 saturated heterocycles. The number of nitrogens with one attached hydrogen (secondary N) is 1. The summed E-state index contributed by atoms with van der Waals surface area (Å²) >= 11 is 0. The van der Waals surface area contributed by atoms with Crippen LogP contribution < -0.4 is 10.9 Å². The van der Waals surface area contributed by atoms with Crippen LogP contribution in [0.2, 0.25) is 0 Å². The molecule has 1 amide bonds. The van der Waals surface area contributed by atoms with E-state index in [1.807, 2.05) is 62.4 Å². The standard InChI is InChI=1S/C24H23N5O2/c1-15-8-9-16(2)20(12-15)26-21(30)14-28-24(31)23-19(22(27-28)17-10-11-17)13-25-29(23)18-6-4-3-5-7-18/h3-9,12-13,17H,10-11,14H2,1-2H3,(H,26,30). The van der Waals surface area contributed by atoms with Gasteiger partial charge >= 0.3 is 0 Å². The molecule has 5 rings (SSSR count). The molecule has 1 aliphatic rings. The van der Waals surface area contributed by atoms with E-state index in [2.05, 4.69) is 15.5 Å². The second kappa shape index (κ2) is 7.50. The van der Waals surface area contributed by atoms with Crippen molar-refractivity contribution in [3.63, 3.8) is 0 Å². The average molecular weight is 413 g/mol. The third-order valence-electron chi connectivity index (χ3n) is 5.64. The summed E-state index contributed by atoms with van der Waals surface area (Å²) < 4.78 is 2.92. The van der Waals surface area contributed by atoms with Crippen LogP contribution in [0.15, 0.2) is 59.5 Å². The predicted octanol–water partition coefficient (Wildman–Crippen LogP) is 3.72. The number of para-hydroxylation sites is 1. The van der Waals surface area contributed by atoms with E-state index in [0.29, 0.717) is 11.4 Å². The van der Waals surface area contributed by atoms with E-state index in [-0.39, 0.29) is 18.0 Å². The van der Waals surface area contributed by atoms with Crippen LogP contribution in [0.4, 0.5) is 5.69 Å². The minimum Gasteiger partial charge on any atom is -0.324 e. The molecule has 2 heterocycles. The van der Waals surface area contributed by atoms with Gasteiger partial charge in [0, 0.05) is 17.0 Å². The minimum atomic E-state index is -0.322. The zero-order chi connectivity index (χ0) is 21.5. The van der Waals surface area contributed by atoms with Gasteiger partial charge in [-0.05, 0) is 56.0 Å². The first-order valence-electron chi connectivity index (χ1n) is 10.4. The van der Waals surface area contributed by atoms with Gasteiger partial charge < -0.3 is 5.32 Å². The number of benzene rings is 2. The van der Waals surface area contributed by atoms with E-state index in [1.165, 1.54) is 4.68 Å². The highest BCUT2D eigenvalue weighted by Gasteiger charge is 2.30. The zero-order valence-electron chi connectivity index (χ0n) is 17.5. The first-order valence-corrected chi connectivity index (χ1v) is 10.4. The van der Waals surface area contributed by atoms with Crippen LogP contribution in [0.5, 0.6) is 0 Å². The van der Waals surface area contributed by atoms with Crippen LogP contribution in [0.25, 0.3) is 16.6 Å². The van der Waals surface area contributed by atoms with Crippen LogP contribution in [0.3, 0.4) is 0 Å². The lowest BCUT2D eigenvalue weighted by molar-refractivity contribution is -0.117. The summed E-state index contributed by atoms with van der Waals surface area (Å²) in [6, 6.07) is 15.4. The maximum atomic E-state index is 13.3. The lowest BCUT2D eigenvalue weighted by atomic mass is 10.1. The van der Waals surface area contributed by atoms with E-state index in [0.717, 1.165) is 46.4 Å². The van der Waals surface area contributed by atoms with Gasteiger partial charge in [0.05, 0.1) is 17.6 Å². The van der Waals surface area contributed by atoms with Crippen LogP contribution >= 0.6 is 0 Å². The van der Waals surface area contributed by atoms with Crippen molar-refractivity contribution in [2.75, 3.05) is 5.32 Å². The van der Waals surface area contributed by atoms with Crippen LogP contribution in [0, 0.1) is 13.8 Å². The SMILES string of the molecule is Cc1ccc(C)c(NC(=O)Cn2nc(C3CC3)c3cnn(-c4ccccc4)c3c2=O)c1. The molecule has 1 N–H and O–H groups in total. The maximum absolute atomic E-state index is 13.3. The molecular weight excluding hydrogens is 390 g/mol. The molecule has 7 heteroatoms. The summed E-state index contributed by atoms with van der Waals surface area (Å²) in [6.07, 6.45) is 3.78. The van der Waals surface area contributed by atoms with Crippen molar-refractivity contribution in [1.82, 2.24) is 19.6 Å². The van der Waals surface area contributed by atoms with Crippen molar-refractivity contribution >= 4 is 22.5 Å². The van der Waals surface area contributed by atoms with Gasteiger partial charge in [-0.3, -0.25) is 9.59 Å².